The Bertz CT molecular complexity index is 430. The molecule has 0 aromatic heterocycles. The van der Waals surface area contributed by atoms with Gasteiger partial charge < -0.3 is 10.6 Å². The molecular formula is C13H19ClIN3O. The largest absolute Gasteiger partial charge is 0.325 e. The van der Waals surface area contributed by atoms with Gasteiger partial charge in [-0.25, -0.2) is 0 Å². The van der Waals surface area contributed by atoms with Gasteiger partial charge in [0, 0.05) is 34.9 Å². The van der Waals surface area contributed by atoms with Gasteiger partial charge in [0.15, 0.2) is 0 Å². The molecule has 6 heteroatoms. The Hall–Kier alpha value is -0.370. The van der Waals surface area contributed by atoms with E-state index in [1.165, 1.54) is 0 Å². The zero-order chi connectivity index (χ0) is 13.0. The predicted molar refractivity (Wildman–Crippen MR) is 88.9 cm³/mol. The third kappa shape index (κ3) is 5.25. The number of nitrogens with one attached hydrogen (secondary N) is 2. The summed E-state index contributed by atoms with van der Waals surface area (Å²) >= 11 is 2.24. The van der Waals surface area contributed by atoms with Crippen LogP contribution in [-0.2, 0) is 4.79 Å². The van der Waals surface area contributed by atoms with Crippen molar-refractivity contribution in [1.29, 1.82) is 0 Å². The van der Waals surface area contributed by atoms with Crippen LogP contribution in [0.2, 0.25) is 0 Å². The molecule has 1 fully saturated rings. The molecule has 1 aliphatic rings. The van der Waals surface area contributed by atoms with Gasteiger partial charge in [0.2, 0.25) is 5.91 Å². The number of carbonyl (C=O) groups is 1. The highest BCUT2D eigenvalue weighted by Gasteiger charge is 2.20. The highest BCUT2D eigenvalue weighted by Crippen LogP contribution is 2.12. The minimum absolute atomic E-state index is 0. The van der Waals surface area contributed by atoms with Crippen LogP contribution < -0.4 is 10.6 Å². The number of hydrogen-bond donors (Lipinski definition) is 2. The summed E-state index contributed by atoms with van der Waals surface area (Å²) < 4.78 is 1.13. The minimum atomic E-state index is 0. The summed E-state index contributed by atoms with van der Waals surface area (Å²) in [6, 6.07) is 8.26. The number of nitrogens with zero attached hydrogens (tertiary/aromatic N) is 1. The fourth-order valence-electron chi connectivity index (χ4n) is 2.07. The first-order valence-corrected chi connectivity index (χ1v) is 7.23. The molecule has 1 saturated heterocycles. The van der Waals surface area contributed by atoms with Gasteiger partial charge in [-0.1, -0.05) is 6.07 Å². The zero-order valence-corrected chi connectivity index (χ0v) is 13.8. The van der Waals surface area contributed by atoms with E-state index in [-0.39, 0.29) is 18.3 Å². The maximum Gasteiger partial charge on any atom is 0.238 e. The zero-order valence-electron chi connectivity index (χ0n) is 10.9. The van der Waals surface area contributed by atoms with E-state index >= 15 is 0 Å². The van der Waals surface area contributed by atoms with Crippen molar-refractivity contribution < 1.29 is 4.79 Å². The van der Waals surface area contributed by atoms with Crippen LogP contribution >= 0.6 is 35.0 Å². The number of amides is 1. The van der Waals surface area contributed by atoms with E-state index in [2.05, 4.69) is 45.0 Å². The molecule has 0 radical (unpaired) electrons. The molecule has 1 unspecified atom stereocenters. The highest BCUT2D eigenvalue weighted by atomic mass is 127. The van der Waals surface area contributed by atoms with E-state index in [0.29, 0.717) is 12.6 Å². The van der Waals surface area contributed by atoms with E-state index in [4.69, 9.17) is 0 Å². The Morgan fingerprint density at radius 1 is 1.58 bits per heavy atom. The fraction of sp³-hybridized carbons (Fsp3) is 0.462. The maximum absolute atomic E-state index is 12.0. The minimum Gasteiger partial charge on any atom is -0.325 e. The van der Waals surface area contributed by atoms with Gasteiger partial charge in [0.1, 0.15) is 0 Å². The monoisotopic (exact) mass is 395 g/mol. The number of halogens is 2. The lowest BCUT2D eigenvalue weighted by molar-refractivity contribution is -0.118. The molecule has 2 rings (SSSR count). The van der Waals surface area contributed by atoms with Gasteiger partial charge in [-0.15, -0.1) is 12.4 Å². The first-order valence-electron chi connectivity index (χ1n) is 6.15. The summed E-state index contributed by atoms with van der Waals surface area (Å²) in [4.78, 5) is 14.2. The van der Waals surface area contributed by atoms with E-state index in [1.807, 2.05) is 24.3 Å². The fourth-order valence-corrected chi connectivity index (χ4v) is 2.61. The molecule has 4 nitrogen and oxygen atoms in total. The third-order valence-corrected chi connectivity index (χ3v) is 3.76. The average Bonchev–Trinajstić information content (AvgIpc) is 2.32. The topological polar surface area (TPSA) is 44.4 Å². The van der Waals surface area contributed by atoms with Gasteiger partial charge in [-0.2, -0.15) is 0 Å². The number of benzene rings is 1. The number of piperazine rings is 1. The molecule has 19 heavy (non-hydrogen) atoms. The molecule has 1 heterocycles. The van der Waals surface area contributed by atoms with Crippen molar-refractivity contribution in [3.05, 3.63) is 27.8 Å². The second-order valence-electron chi connectivity index (χ2n) is 4.58. The Balaban J connectivity index is 0.00000180. The van der Waals surface area contributed by atoms with Gasteiger partial charge in [0.25, 0.3) is 0 Å². The first kappa shape index (κ1) is 16.7. The molecule has 1 aliphatic heterocycles. The molecule has 0 spiro atoms. The van der Waals surface area contributed by atoms with Crippen molar-refractivity contribution in [2.75, 3.05) is 31.5 Å². The average molecular weight is 396 g/mol. The van der Waals surface area contributed by atoms with E-state index in [1.54, 1.807) is 0 Å². The van der Waals surface area contributed by atoms with Crippen molar-refractivity contribution in [2.45, 2.75) is 13.0 Å². The molecular weight excluding hydrogens is 377 g/mol. The summed E-state index contributed by atoms with van der Waals surface area (Å²) in [6.45, 7) is 5.46. The SMILES string of the molecule is CC1CNCCN1CC(=O)Nc1cccc(I)c1.Cl. The molecule has 1 amide bonds. The second kappa shape index (κ2) is 8.04. The van der Waals surface area contributed by atoms with E-state index in [0.717, 1.165) is 28.9 Å². The van der Waals surface area contributed by atoms with Crippen molar-refractivity contribution in [1.82, 2.24) is 10.2 Å². The molecule has 1 aromatic rings. The smallest absolute Gasteiger partial charge is 0.238 e. The van der Waals surface area contributed by atoms with Crippen LogP contribution in [0.1, 0.15) is 6.92 Å². The summed E-state index contributed by atoms with van der Waals surface area (Å²) in [5.41, 5.74) is 0.870. The molecule has 0 aliphatic carbocycles. The van der Waals surface area contributed by atoms with Crippen LogP contribution in [0.5, 0.6) is 0 Å². The Morgan fingerprint density at radius 3 is 3.05 bits per heavy atom. The molecule has 106 valence electrons. The number of anilines is 1. The highest BCUT2D eigenvalue weighted by molar-refractivity contribution is 14.1. The standard InChI is InChI=1S/C13H18IN3O.ClH/c1-10-8-15-5-6-17(10)9-13(18)16-12-4-2-3-11(14)7-12;/h2-4,7,10,15H,5-6,8-9H2,1H3,(H,16,18);1H. The van der Waals surface area contributed by atoms with Crippen molar-refractivity contribution >= 4 is 46.6 Å². The van der Waals surface area contributed by atoms with Gasteiger partial charge in [0.05, 0.1) is 6.54 Å². The number of rotatable bonds is 3. The lowest BCUT2D eigenvalue weighted by Gasteiger charge is -2.33. The van der Waals surface area contributed by atoms with Crippen LogP contribution in [-0.4, -0.2) is 43.0 Å². The first-order chi connectivity index (χ1) is 8.65. The quantitative estimate of drug-likeness (QED) is 0.769. The van der Waals surface area contributed by atoms with Crippen LogP contribution in [0.4, 0.5) is 5.69 Å². The molecule has 0 bridgehead atoms. The second-order valence-corrected chi connectivity index (χ2v) is 5.83. The van der Waals surface area contributed by atoms with Crippen LogP contribution in [0.15, 0.2) is 24.3 Å². The molecule has 0 saturated carbocycles. The molecule has 2 N–H and O–H groups in total. The predicted octanol–water partition coefficient (Wildman–Crippen LogP) is 1.95. The Labute approximate surface area is 133 Å². The number of carbonyl (C=O) groups excluding carboxylic acids is 1. The summed E-state index contributed by atoms with van der Waals surface area (Å²) in [6.07, 6.45) is 0. The number of hydrogen-bond acceptors (Lipinski definition) is 3. The Morgan fingerprint density at radius 2 is 2.37 bits per heavy atom. The van der Waals surface area contributed by atoms with Crippen LogP contribution in [0.25, 0.3) is 0 Å². The maximum atomic E-state index is 12.0. The van der Waals surface area contributed by atoms with E-state index < -0.39 is 0 Å². The van der Waals surface area contributed by atoms with E-state index in [9.17, 15) is 4.79 Å². The summed E-state index contributed by atoms with van der Waals surface area (Å²) in [7, 11) is 0. The third-order valence-electron chi connectivity index (χ3n) is 3.09. The van der Waals surface area contributed by atoms with Crippen molar-refractivity contribution in [2.24, 2.45) is 0 Å². The van der Waals surface area contributed by atoms with Crippen molar-refractivity contribution in [3.63, 3.8) is 0 Å². The van der Waals surface area contributed by atoms with Gasteiger partial charge in [-0.05, 0) is 47.7 Å². The summed E-state index contributed by atoms with van der Waals surface area (Å²) in [5, 5.41) is 6.27. The summed E-state index contributed by atoms with van der Waals surface area (Å²) in [5.74, 6) is 0.0609. The normalized spacial score (nSPS) is 19.6. The Kier molecular flexibility index (Phi) is 7.06. The molecule has 1 aromatic carbocycles. The van der Waals surface area contributed by atoms with Crippen LogP contribution in [0, 0.1) is 3.57 Å². The van der Waals surface area contributed by atoms with Gasteiger partial charge >= 0.3 is 0 Å². The lowest BCUT2D eigenvalue weighted by atomic mass is 10.2. The van der Waals surface area contributed by atoms with Gasteiger partial charge in [-0.3, -0.25) is 9.69 Å². The van der Waals surface area contributed by atoms with Crippen LogP contribution in [0.3, 0.4) is 0 Å². The molecule has 1 atom stereocenters. The van der Waals surface area contributed by atoms with Crippen molar-refractivity contribution in [3.8, 4) is 0 Å². The lowest BCUT2D eigenvalue weighted by Crippen LogP contribution is -2.51.